The number of hydrogen-bond donors (Lipinski definition) is 1. The Balaban J connectivity index is 2.02. The van der Waals surface area contributed by atoms with Gasteiger partial charge in [-0.3, -0.25) is 4.79 Å². The minimum atomic E-state index is -0.548. The van der Waals surface area contributed by atoms with Gasteiger partial charge in [0.15, 0.2) is 0 Å². The number of carbonyl (C=O) groups is 2. The Bertz CT molecular complexity index is 382. The van der Waals surface area contributed by atoms with E-state index >= 15 is 0 Å². The molecule has 0 aromatic rings. The largest absolute Gasteiger partial charge is 0.428 e. The first-order valence-electron chi connectivity index (χ1n) is 7.58. The number of morpholine rings is 1. The predicted octanol–water partition coefficient (Wildman–Crippen LogP) is 0.592. The zero-order valence-electron chi connectivity index (χ0n) is 12.8. The molecule has 21 heavy (non-hydrogen) atoms. The lowest BCUT2D eigenvalue weighted by atomic mass is 9.86. The molecule has 2 N–H and O–H groups in total. The molecule has 0 radical (unpaired) electrons. The quantitative estimate of drug-likeness (QED) is 0.754. The summed E-state index contributed by atoms with van der Waals surface area (Å²) in [6.07, 6.45) is 1.05. The molecule has 2 aliphatic rings. The van der Waals surface area contributed by atoms with Crippen LogP contribution in [0.3, 0.4) is 0 Å². The van der Waals surface area contributed by atoms with Gasteiger partial charge in [-0.25, -0.2) is 4.79 Å². The maximum Gasteiger partial charge on any atom is 0.428 e. The average Bonchev–Trinajstić information content (AvgIpc) is 2.53. The maximum atomic E-state index is 12.5. The van der Waals surface area contributed by atoms with Crippen LogP contribution in [0.2, 0.25) is 0 Å². The van der Waals surface area contributed by atoms with E-state index < -0.39 is 6.09 Å². The van der Waals surface area contributed by atoms with Gasteiger partial charge in [0.2, 0.25) is 5.91 Å². The highest BCUT2D eigenvalue weighted by molar-refractivity contribution is 5.80. The van der Waals surface area contributed by atoms with E-state index in [1.807, 2.05) is 4.90 Å². The molecular weight excluding hydrogens is 274 g/mol. The van der Waals surface area contributed by atoms with Crippen LogP contribution in [0, 0.1) is 11.8 Å². The van der Waals surface area contributed by atoms with Crippen LogP contribution in [0.1, 0.15) is 26.7 Å². The number of ether oxygens (including phenoxy) is 1. The van der Waals surface area contributed by atoms with Gasteiger partial charge in [0.25, 0.3) is 0 Å². The summed E-state index contributed by atoms with van der Waals surface area (Å²) in [6, 6.07) is 0.0785. The van der Waals surface area contributed by atoms with Gasteiger partial charge >= 0.3 is 6.09 Å². The Morgan fingerprint density at radius 3 is 2.48 bits per heavy atom. The predicted molar refractivity (Wildman–Crippen MR) is 76.1 cm³/mol. The van der Waals surface area contributed by atoms with Crippen molar-refractivity contribution in [1.82, 2.24) is 9.80 Å². The zero-order valence-corrected chi connectivity index (χ0v) is 12.8. The molecule has 7 nitrogen and oxygen atoms in total. The minimum absolute atomic E-state index is 0.0785. The molecule has 2 saturated heterocycles. The molecule has 2 unspecified atom stereocenters. The molecule has 0 bridgehead atoms. The van der Waals surface area contributed by atoms with Crippen molar-refractivity contribution in [2.75, 3.05) is 32.8 Å². The third-order valence-corrected chi connectivity index (χ3v) is 4.41. The number of nitrogens with zero attached hydrogens (tertiary/aromatic N) is 2. The van der Waals surface area contributed by atoms with Crippen molar-refractivity contribution in [3.8, 4) is 0 Å². The fourth-order valence-corrected chi connectivity index (χ4v) is 3.21. The lowest BCUT2D eigenvalue weighted by molar-refractivity contribution is -0.142. The molecule has 2 atom stereocenters. The first-order valence-corrected chi connectivity index (χ1v) is 7.58. The monoisotopic (exact) mass is 299 g/mol. The van der Waals surface area contributed by atoms with Gasteiger partial charge < -0.3 is 19.4 Å². The molecule has 2 fully saturated rings. The van der Waals surface area contributed by atoms with Crippen LogP contribution < -0.4 is 5.90 Å². The molecule has 7 heteroatoms. The highest BCUT2D eigenvalue weighted by Crippen LogP contribution is 2.28. The van der Waals surface area contributed by atoms with E-state index in [-0.39, 0.29) is 17.9 Å². The number of piperidine rings is 1. The lowest BCUT2D eigenvalue weighted by Gasteiger charge is -2.41. The third-order valence-electron chi connectivity index (χ3n) is 4.41. The van der Waals surface area contributed by atoms with E-state index in [1.54, 1.807) is 4.90 Å². The Kier molecular flexibility index (Phi) is 5.41. The van der Waals surface area contributed by atoms with Crippen molar-refractivity contribution in [2.45, 2.75) is 32.7 Å². The highest BCUT2D eigenvalue weighted by atomic mass is 16.7. The summed E-state index contributed by atoms with van der Waals surface area (Å²) in [5.74, 6) is 5.27. The Labute approximate surface area is 125 Å². The van der Waals surface area contributed by atoms with Gasteiger partial charge in [0.05, 0.1) is 19.1 Å². The maximum absolute atomic E-state index is 12.5. The molecule has 2 aliphatic heterocycles. The van der Waals surface area contributed by atoms with Crippen LogP contribution in [0.5, 0.6) is 0 Å². The topological polar surface area (TPSA) is 85.1 Å². The summed E-state index contributed by atoms with van der Waals surface area (Å²) in [7, 11) is 0. The highest BCUT2D eigenvalue weighted by Gasteiger charge is 2.38. The van der Waals surface area contributed by atoms with Crippen molar-refractivity contribution >= 4 is 12.0 Å². The second kappa shape index (κ2) is 7.09. The summed E-state index contributed by atoms with van der Waals surface area (Å²) in [6.45, 7) is 6.93. The van der Waals surface area contributed by atoms with Crippen LogP contribution >= 0.6 is 0 Å². The molecule has 2 heterocycles. The summed E-state index contributed by atoms with van der Waals surface area (Å²) in [4.78, 5) is 32.2. The minimum Gasteiger partial charge on any atom is -0.378 e. The van der Waals surface area contributed by atoms with Crippen LogP contribution in [-0.2, 0) is 14.4 Å². The van der Waals surface area contributed by atoms with Gasteiger partial charge in [-0.1, -0.05) is 13.8 Å². The summed E-state index contributed by atoms with van der Waals surface area (Å²) < 4.78 is 5.27. The number of rotatable bonds is 2. The molecule has 2 amide bonds. The smallest absolute Gasteiger partial charge is 0.378 e. The lowest BCUT2D eigenvalue weighted by Crippen LogP contribution is -2.54. The van der Waals surface area contributed by atoms with E-state index in [1.165, 1.54) is 0 Å². The molecule has 0 aromatic carbocycles. The molecule has 120 valence electrons. The average molecular weight is 299 g/mol. The van der Waals surface area contributed by atoms with Gasteiger partial charge in [-0.15, -0.1) is 0 Å². The summed E-state index contributed by atoms with van der Waals surface area (Å²) in [5.41, 5.74) is 0. The van der Waals surface area contributed by atoms with Gasteiger partial charge in [0, 0.05) is 25.7 Å². The normalized spacial score (nSPS) is 26.9. The van der Waals surface area contributed by atoms with Gasteiger partial charge in [-0.05, 0) is 18.8 Å². The van der Waals surface area contributed by atoms with Crippen molar-refractivity contribution in [3.63, 3.8) is 0 Å². The van der Waals surface area contributed by atoms with E-state index in [0.717, 1.165) is 12.8 Å². The van der Waals surface area contributed by atoms with Crippen LogP contribution in [0.4, 0.5) is 4.79 Å². The first-order chi connectivity index (χ1) is 10.0. The number of hydrogen-bond acceptors (Lipinski definition) is 5. The zero-order chi connectivity index (χ0) is 15.4. The van der Waals surface area contributed by atoms with Crippen molar-refractivity contribution < 1.29 is 19.2 Å². The number of carbonyl (C=O) groups excluding carboxylic acids is 2. The summed E-state index contributed by atoms with van der Waals surface area (Å²) in [5, 5.41) is 0. The van der Waals surface area contributed by atoms with Gasteiger partial charge in [-0.2, -0.15) is 5.90 Å². The fourth-order valence-electron chi connectivity index (χ4n) is 3.21. The SMILES string of the molecule is CC(C)C1CCC(C(=O)N2CCOCC2)CN1C(=O)ON. The Hall–Kier alpha value is -1.34. The van der Waals surface area contributed by atoms with Crippen molar-refractivity contribution in [1.29, 1.82) is 0 Å². The summed E-state index contributed by atoms with van der Waals surface area (Å²) >= 11 is 0. The van der Waals surface area contributed by atoms with Crippen LogP contribution in [0.25, 0.3) is 0 Å². The number of likely N-dealkylation sites (tertiary alicyclic amines) is 1. The molecule has 0 aromatic heterocycles. The molecule has 2 rings (SSSR count). The van der Waals surface area contributed by atoms with Gasteiger partial charge in [0.1, 0.15) is 0 Å². The standard InChI is InChI=1S/C14H25N3O4/c1-10(2)12-4-3-11(9-17(12)14(19)21-15)13(18)16-5-7-20-8-6-16/h10-12H,3-9,15H2,1-2H3. The van der Waals surface area contributed by atoms with E-state index in [9.17, 15) is 9.59 Å². The second-order valence-corrected chi connectivity index (χ2v) is 6.06. The third kappa shape index (κ3) is 3.65. The number of nitrogens with two attached hydrogens (primary N) is 1. The number of amides is 2. The molecule has 0 saturated carbocycles. The van der Waals surface area contributed by atoms with E-state index in [4.69, 9.17) is 10.6 Å². The fraction of sp³-hybridized carbons (Fsp3) is 0.857. The molecule has 0 spiro atoms. The van der Waals surface area contributed by atoms with Crippen molar-refractivity contribution in [2.24, 2.45) is 17.7 Å². The van der Waals surface area contributed by atoms with E-state index in [2.05, 4.69) is 18.7 Å². The van der Waals surface area contributed by atoms with Crippen LogP contribution in [0.15, 0.2) is 0 Å². The van der Waals surface area contributed by atoms with Crippen LogP contribution in [-0.4, -0.2) is 60.7 Å². The molecular formula is C14H25N3O4. The van der Waals surface area contributed by atoms with Crippen molar-refractivity contribution in [3.05, 3.63) is 0 Å². The second-order valence-electron chi connectivity index (χ2n) is 6.06. The molecule has 0 aliphatic carbocycles. The van der Waals surface area contributed by atoms with E-state index in [0.29, 0.717) is 38.8 Å². The Morgan fingerprint density at radius 1 is 1.24 bits per heavy atom. The first kappa shape index (κ1) is 16.0. The Morgan fingerprint density at radius 2 is 1.90 bits per heavy atom.